The van der Waals surface area contributed by atoms with Gasteiger partial charge in [0.1, 0.15) is 6.04 Å². The number of esters is 1. The summed E-state index contributed by atoms with van der Waals surface area (Å²) in [4.78, 5) is 48.5. The van der Waals surface area contributed by atoms with Gasteiger partial charge in [-0.15, -0.1) is 24.9 Å². The molecule has 3 aliphatic rings. The maximum Gasteiger partial charge on any atom is 0.310 e. The maximum atomic E-state index is 14.8. The molecule has 0 saturated carbocycles. The lowest BCUT2D eigenvalue weighted by Crippen LogP contribution is -2.57. The van der Waals surface area contributed by atoms with Crippen molar-refractivity contribution in [2.24, 2.45) is 17.8 Å². The summed E-state index contributed by atoms with van der Waals surface area (Å²) < 4.78 is 5.06. The molecule has 2 bridgehead atoms. The molecule has 0 aromatic heterocycles. The van der Waals surface area contributed by atoms with Crippen molar-refractivity contribution in [3.05, 3.63) is 49.6 Å². The molecule has 4 rings (SSSR count). The summed E-state index contributed by atoms with van der Waals surface area (Å²) >= 11 is 1.68. The minimum absolute atomic E-state index is 0.0485. The highest BCUT2D eigenvalue weighted by Gasteiger charge is 2.76. The Bertz CT molecular complexity index is 1170. The summed E-state index contributed by atoms with van der Waals surface area (Å²) in [6, 6.07) is 7.33. The lowest BCUT2D eigenvalue weighted by Gasteiger charge is -2.40. The molecule has 242 valence electrons. The molecule has 0 aliphatic carbocycles. The number of allylic oxidation sites excluding steroid dienone is 1. The number of anilines is 2. The van der Waals surface area contributed by atoms with E-state index in [1.165, 1.54) is 0 Å². The third-order valence-corrected chi connectivity index (χ3v) is 11.8. The van der Waals surface area contributed by atoms with Gasteiger partial charge in [0.15, 0.2) is 0 Å². The lowest BCUT2D eigenvalue weighted by atomic mass is 9.66. The molecule has 6 atom stereocenters. The van der Waals surface area contributed by atoms with Crippen LogP contribution in [0.25, 0.3) is 0 Å². The van der Waals surface area contributed by atoms with E-state index in [1.807, 2.05) is 30.3 Å². The number of amides is 2. The van der Waals surface area contributed by atoms with Crippen LogP contribution in [0.3, 0.4) is 0 Å². The number of aliphatic hydroxyl groups is 1. The summed E-state index contributed by atoms with van der Waals surface area (Å²) in [5.74, 6) is -1.62. The Morgan fingerprint density at radius 1 is 1.07 bits per heavy atom. The zero-order chi connectivity index (χ0) is 31.9. The number of rotatable bonds is 18. The SMILES string of the molecule is C=CCCCCOC(=O)[C@@H]1[C@@H]2CC(C)C3(S2)C(C(=O)N(CC=C)c2ccc(N(CC)CC)cc2)N(CCCCCO)C(=O)[C@H]13. The average Bonchev–Trinajstić information content (AvgIpc) is 3.62. The highest BCUT2D eigenvalue weighted by atomic mass is 32.2. The van der Waals surface area contributed by atoms with E-state index < -0.39 is 22.6 Å². The second-order valence-electron chi connectivity index (χ2n) is 12.2. The standard InChI is InChI=1S/C35H51N3O5S/c1-6-10-11-15-23-43-34(42)29-28-24-25(5)35(44-28)30(29)32(40)38(21-13-12-14-22-39)31(35)33(41)37(20-7-2)27-18-16-26(17-19-27)36(8-3)9-4/h6-7,16-19,25,28-31,39H,1-2,8-15,20-24H2,3-5H3/t25?,28-,29+,30-,31?,35?/m0/s1. The molecule has 3 aliphatic heterocycles. The highest BCUT2D eigenvalue weighted by Crippen LogP contribution is 2.68. The molecule has 44 heavy (non-hydrogen) atoms. The Hall–Kier alpha value is -2.78. The molecule has 0 radical (unpaired) electrons. The van der Waals surface area contributed by atoms with E-state index in [9.17, 15) is 19.5 Å². The van der Waals surface area contributed by atoms with Crippen LogP contribution < -0.4 is 9.80 Å². The van der Waals surface area contributed by atoms with Gasteiger partial charge < -0.3 is 24.5 Å². The van der Waals surface area contributed by atoms with E-state index in [4.69, 9.17) is 4.74 Å². The van der Waals surface area contributed by atoms with Crippen LogP contribution in [0.5, 0.6) is 0 Å². The number of carbonyl (C=O) groups is 3. The molecule has 3 fully saturated rings. The molecule has 3 heterocycles. The van der Waals surface area contributed by atoms with Gasteiger partial charge in [-0.3, -0.25) is 14.4 Å². The van der Waals surface area contributed by atoms with E-state index in [0.29, 0.717) is 32.5 Å². The number of hydrogen-bond acceptors (Lipinski definition) is 7. The van der Waals surface area contributed by atoms with Crippen molar-refractivity contribution >= 4 is 40.9 Å². The maximum absolute atomic E-state index is 14.8. The van der Waals surface area contributed by atoms with Crippen molar-refractivity contribution in [1.82, 2.24) is 4.90 Å². The number of likely N-dealkylation sites (tertiary alicyclic amines) is 1. The normalized spacial score (nSPS) is 26.9. The first kappa shape index (κ1) is 34.1. The summed E-state index contributed by atoms with van der Waals surface area (Å²) in [6.07, 6.45) is 8.96. The molecular weight excluding hydrogens is 574 g/mol. The Balaban J connectivity index is 1.67. The number of nitrogens with zero attached hydrogens (tertiary/aromatic N) is 3. The molecule has 3 unspecified atom stereocenters. The van der Waals surface area contributed by atoms with Crippen molar-refractivity contribution in [2.75, 3.05) is 49.2 Å². The molecule has 1 aromatic rings. The fourth-order valence-corrected chi connectivity index (χ4v) is 9.97. The van der Waals surface area contributed by atoms with Crippen LogP contribution >= 0.6 is 11.8 Å². The third-order valence-electron chi connectivity index (χ3n) is 9.72. The van der Waals surface area contributed by atoms with E-state index >= 15 is 0 Å². The van der Waals surface area contributed by atoms with Crippen LogP contribution in [0.2, 0.25) is 0 Å². The van der Waals surface area contributed by atoms with Gasteiger partial charge in [-0.05, 0) is 89.0 Å². The molecule has 8 nitrogen and oxygen atoms in total. The highest BCUT2D eigenvalue weighted by molar-refractivity contribution is 8.02. The van der Waals surface area contributed by atoms with Crippen LogP contribution in [0.1, 0.15) is 65.7 Å². The van der Waals surface area contributed by atoms with Gasteiger partial charge in [0.2, 0.25) is 5.91 Å². The Morgan fingerprint density at radius 2 is 1.77 bits per heavy atom. The summed E-state index contributed by atoms with van der Waals surface area (Å²) in [5.41, 5.74) is 1.86. The Labute approximate surface area is 267 Å². The van der Waals surface area contributed by atoms with Gasteiger partial charge >= 0.3 is 5.97 Å². The largest absolute Gasteiger partial charge is 0.465 e. The number of carbonyl (C=O) groups excluding carboxylic acids is 3. The van der Waals surface area contributed by atoms with Crippen molar-refractivity contribution in [2.45, 2.75) is 81.8 Å². The number of fused-ring (bicyclic) bond motifs is 1. The van der Waals surface area contributed by atoms with Gasteiger partial charge in [0.25, 0.3) is 5.91 Å². The zero-order valence-electron chi connectivity index (χ0n) is 26.8. The molecule has 1 N–H and O–H groups in total. The molecule has 1 spiro atoms. The Kier molecular flexibility index (Phi) is 12.0. The van der Waals surface area contributed by atoms with Gasteiger partial charge in [0, 0.05) is 49.4 Å². The number of unbranched alkanes of at least 4 members (excludes halogenated alkanes) is 4. The van der Waals surface area contributed by atoms with Gasteiger partial charge in [0.05, 0.1) is 23.2 Å². The molecule has 9 heteroatoms. The lowest BCUT2D eigenvalue weighted by molar-refractivity contribution is -0.154. The van der Waals surface area contributed by atoms with Crippen molar-refractivity contribution in [3.63, 3.8) is 0 Å². The minimum Gasteiger partial charge on any atom is -0.465 e. The quantitative estimate of drug-likeness (QED) is 0.132. The van der Waals surface area contributed by atoms with E-state index in [0.717, 1.165) is 56.6 Å². The predicted molar refractivity (Wildman–Crippen MR) is 179 cm³/mol. The zero-order valence-corrected chi connectivity index (χ0v) is 27.6. The van der Waals surface area contributed by atoms with Crippen LogP contribution in [-0.4, -0.2) is 83.2 Å². The van der Waals surface area contributed by atoms with Gasteiger partial charge in [-0.1, -0.05) is 19.1 Å². The first-order valence-corrected chi connectivity index (χ1v) is 17.3. The fraction of sp³-hybridized carbons (Fsp3) is 0.629. The first-order valence-electron chi connectivity index (χ1n) is 16.4. The van der Waals surface area contributed by atoms with Crippen molar-refractivity contribution < 1.29 is 24.2 Å². The topological polar surface area (TPSA) is 90.4 Å². The van der Waals surface area contributed by atoms with Gasteiger partial charge in [-0.2, -0.15) is 0 Å². The van der Waals surface area contributed by atoms with E-state index in [1.54, 1.807) is 27.6 Å². The molecule has 1 aromatic carbocycles. The monoisotopic (exact) mass is 625 g/mol. The van der Waals surface area contributed by atoms with Crippen molar-refractivity contribution in [1.29, 1.82) is 0 Å². The molecule has 3 saturated heterocycles. The number of thioether (sulfide) groups is 1. The summed E-state index contributed by atoms with van der Waals surface area (Å²) in [6.45, 7) is 17.0. The van der Waals surface area contributed by atoms with Crippen LogP contribution in [0.15, 0.2) is 49.6 Å². The third kappa shape index (κ3) is 6.45. The average molecular weight is 626 g/mol. The van der Waals surface area contributed by atoms with Crippen LogP contribution in [-0.2, 0) is 19.1 Å². The number of hydrogen-bond donors (Lipinski definition) is 1. The first-order chi connectivity index (χ1) is 21.3. The van der Waals surface area contributed by atoms with E-state index in [2.05, 4.69) is 38.8 Å². The van der Waals surface area contributed by atoms with Crippen LogP contribution in [0, 0.1) is 17.8 Å². The van der Waals surface area contributed by atoms with Gasteiger partial charge in [-0.25, -0.2) is 0 Å². The summed E-state index contributed by atoms with van der Waals surface area (Å²) in [7, 11) is 0. The predicted octanol–water partition coefficient (Wildman–Crippen LogP) is 5.45. The summed E-state index contributed by atoms with van der Waals surface area (Å²) in [5, 5.41) is 9.30. The van der Waals surface area contributed by atoms with E-state index in [-0.39, 0.29) is 35.6 Å². The number of aliphatic hydroxyl groups excluding tert-OH is 1. The number of benzene rings is 1. The smallest absolute Gasteiger partial charge is 0.310 e. The molecular formula is C35H51N3O5S. The second-order valence-corrected chi connectivity index (χ2v) is 13.8. The second kappa shape index (κ2) is 15.5. The van der Waals surface area contributed by atoms with Crippen molar-refractivity contribution in [3.8, 4) is 0 Å². The minimum atomic E-state index is -0.705. The Morgan fingerprint density at radius 3 is 2.41 bits per heavy atom. The fourth-order valence-electron chi connectivity index (χ4n) is 7.57. The molecule has 2 amide bonds. The number of ether oxygens (including phenoxy) is 1. The van der Waals surface area contributed by atoms with Crippen LogP contribution in [0.4, 0.5) is 11.4 Å².